The van der Waals surface area contributed by atoms with Gasteiger partial charge in [-0.3, -0.25) is 4.99 Å². The number of methoxy groups -OCH3 is 1. The number of guanidine groups is 1. The number of hydrogen-bond donors (Lipinski definition) is 2. The number of rotatable bonds is 5. The van der Waals surface area contributed by atoms with E-state index in [1.165, 1.54) is 0 Å². The van der Waals surface area contributed by atoms with Gasteiger partial charge >= 0.3 is 6.09 Å². The SMILES string of the molecule is COc1ccccc1NC(N)=NCCC1CCCN(C(=O)OC(C)(C)C)C1. The third-order valence-electron chi connectivity index (χ3n) is 4.36. The van der Waals surface area contributed by atoms with Crippen molar-refractivity contribution in [2.24, 2.45) is 16.6 Å². The summed E-state index contributed by atoms with van der Waals surface area (Å²) in [5, 5.41) is 3.07. The van der Waals surface area contributed by atoms with Gasteiger partial charge in [-0.2, -0.15) is 0 Å². The molecule has 1 aliphatic rings. The van der Waals surface area contributed by atoms with Crippen molar-refractivity contribution in [3.05, 3.63) is 24.3 Å². The number of piperidine rings is 1. The molecule has 0 spiro atoms. The summed E-state index contributed by atoms with van der Waals surface area (Å²) in [5.41, 5.74) is 6.31. The first-order valence-corrected chi connectivity index (χ1v) is 9.46. The maximum absolute atomic E-state index is 12.2. The Balaban J connectivity index is 1.81. The molecule has 1 unspecified atom stereocenters. The highest BCUT2D eigenvalue weighted by molar-refractivity contribution is 5.93. The summed E-state index contributed by atoms with van der Waals surface area (Å²) in [7, 11) is 1.62. The van der Waals surface area contributed by atoms with E-state index in [-0.39, 0.29) is 6.09 Å². The maximum atomic E-state index is 12.2. The molecular formula is C20H32N4O3. The normalized spacial score (nSPS) is 18.1. The Morgan fingerprint density at radius 1 is 1.37 bits per heavy atom. The average molecular weight is 377 g/mol. The molecule has 1 amide bonds. The van der Waals surface area contributed by atoms with E-state index in [0.717, 1.165) is 37.2 Å². The van der Waals surface area contributed by atoms with Crippen LogP contribution in [-0.4, -0.2) is 49.3 Å². The number of ether oxygens (including phenoxy) is 2. The molecule has 0 bridgehead atoms. The summed E-state index contributed by atoms with van der Waals surface area (Å²) in [4.78, 5) is 18.5. The van der Waals surface area contributed by atoms with E-state index in [4.69, 9.17) is 15.2 Å². The molecule has 1 atom stereocenters. The molecule has 1 aromatic rings. The van der Waals surface area contributed by atoms with Crippen molar-refractivity contribution in [2.45, 2.75) is 45.6 Å². The number of nitrogens with zero attached hydrogens (tertiary/aromatic N) is 2. The Morgan fingerprint density at radius 2 is 2.11 bits per heavy atom. The van der Waals surface area contributed by atoms with E-state index in [1.807, 2.05) is 45.0 Å². The lowest BCUT2D eigenvalue weighted by Crippen LogP contribution is -2.43. The molecule has 150 valence electrons. The number of hydrogen-bond acceptors (Lipinski definition) is 4. The van der Waals surface area contributed by atoms with E-state index in [0.29, 0.717) is 25.0 Å². The third kappa shape index (κ3) is 7.00. The molecule has 0 radical (unpaired) electrons. The van der Waals surface area contributed by atoms with Gasteiger partial charge in [0.05, 0.1) is 12.8 Å². The number of carbonyl (C=O) groups is 1. The smallest absolute Gasteiger partial charge is 0.410 e. The number of likely N-dealkylation sites (tertiary alicyclic amines) is 1. The standard InChI is InChI=1S/C20H32N4O3/c1-20(2,3)27-19(25)24-13-7-8-15(14-24)11-12-22-18(21)23-16-9-5-6-10-17(16)26-4/h5-6,9-10,15H,7-8,11-14H2,1-4H3,(H3,21,22,23). The second kappa shape index (κ2) is 9.48. The molecule has 1 saturated heterocycles. The van der Waals surface area contributed by atoms with Gasteiger partial charge < -0.3 is 25.4 Å². The molecule has 1 fully saturated rings. The Kier molecular flexibility index (Phi) is 7.33. The first-order valence-electron chi connectivity index (χ1n) is 9.46. The van der Waals surface area contributed by atoms with E-state index in [2.05, 4.69) is 10.3 Å². The minimum atomic E-state index is -0.465. The first-order chi connectivity index (χ1) is 12.8. The van der Waals surface area contributed by atoms with Gasteiger partial charge in [-0.1, -0.05) is 12.1 Å². The zero-order chi connectivity index (χ0) is 19.9. The van der Waals surface area contributed by atoms with Gasteiger partial charge in [0.25, 0.3) is 0 Å². The van der Waals surface area contributed by atoms with Crippen LogP contribution in [0.2, 0.25) is 0 Å². The van der Waals surface area contributed by atoms with Gasteiger partial charge in [-0.05, 0) is 58.1 Å². The highest BCUT2D eigenvalue weighted by atomic mass is 16.6. The molecule has 0 aromatic heterocycles. The lowest BCUT2D eigenvalue weighted by Gasteiger charge is -2.34. The fraction of sp³-hybridized carbons (Fsp3) is 0.600. The molecule has 0 saturated carbocycles. The Bertz CT molecular complexity index is 655. The summed E-state index contributed by atoms with van der Waals surface area (Å²) in [6.45, 7) is 7.74. The number of aliphatic imine (C=N–C) groups is 1. The highest BCUT2D eigenvalue weighted by Crippen LogP contribution is 2.23. The molecule has 3 N–H and O–H groups in total. The number of amides is 1. The van der Waals surface area contributed by atoms with Crippen LogP contribution in [0.15, 0.2) is 29.3 Å². The summed E-state index contributed by atoms with van der Waals surface area (Å²) in [5.74, 6) is 1.49. The molecule has 0 aliphatic carbocycles. The minimum absolute atomic E-state index is 0.229. The zero-order valence-electron chi connectivity index (χ0n) is 16.8. The van der Waals surface area contributed by atoms with Crippen molar-refractivity contribution in [3.63, 3.8) is 0 Å². The monoisotopic (exact) mass is 376 g/mol. The fourth-order valence-corrected chi connectivity index (χ4v) is 3.09. The summed E-state index contributed by atoms with van der Waals surface area (Å²) >= 11 is 0. The van der Waals surface area contributed by atoms with Gasteiger partial charge in [-0.25, -0.2) is 4.79 Å². The van der Waals surface area contributed by atoms with Crippen molar-refractivity contribution in [1.82, 2.24) is 4.90 Å². The molecular weight excluding hydrogens is 344 g/mol. The Labute approximate surface area is 161 Å². The van der Waals surface area contributed by atoms with Crippen LogP contribution in [0.1, 0.15) is 40.0 Å². The lowest BCUT2D eigenvalue weighted by molar-refractivity contribution is 0.0163. The van der Waals surface area contributed by atoms with Gasteiger partial charge in [0.1, 0.15) is 11.4 Å². The van der Waals surface area contributed by atoms with Crippen LogP contribution in [-0.2, 0) is 4.74 Å². The fourth-order valence-electron chi connectivity index (χ4n) is 3.09. The van der Waals surface area contributed by atoms with Crippen molar-refractivity contribution in [1.29, 1.82) is 0 Å². The number of nitrogens with two attached hydrogens (primary N) is 1. The van der Waals surface area contributed by atoms with Gasteiger partial charge in [-0.15, -0.1) is 0 Å². The number of anilines is 1. The second-order valence-electron chi connectivity index (χ2n) is 7.82. The molecule has 7 nitrogen and oxygen atoms in total. The largest absolute Gasteiger partial charge is 0.495 e. The van der Waals surface area contributed by atoms with Crippen molar-refractivity contribution >= 4 is 17.7 Å². The van der Waals surface area contributed by atoms with Crippen LogP contribution in [0.25, 0.3) is 0 Å². The molecule has 2 rings (SSSR count). The van der Waals surface area contributed by atoms with E-state index >= 15 is 0 Å². The summed E-state index contributed by atoms with van der Waals surface area (Å²) in [6.07, 6.45) is 2.73. The summed E-state index contributed by atoms with van der Waals surface area (Å²) in [6, 6.07) is 7.56. The van der Waals surface area contributed by atoms with Crippen molar-refractivity contribution < 1.29 is 14.3 Å². The lowest BCUT2D eigenvalue weighted by atomic mass is 9.95. The van der Waals surface area contributed by atoms with Crippen LogP contribution in [0.3, 0.4) is 0 Å². The van der Waals surface area contributed by atoms with Crippen LogP contribution in [0.4, 0.5) is 10.5 Å². The van der Waals surface area contributed by atoms with E-state index < -0.39 is 5.60 Å². The third-order valence-corrected chi connectivity index (χ3v) is 4.36. The Hall–Kier alpha value is -2.44. The van der Waals surface area contributed by atoms with Crippen LogP contribution >= 0.6 is 0 Å². The first kappa shape index (κ1) is 20.9. The quantitative estimate of drug-likeness (QED) is 0.607. The highest BCUT2D eigenvalue weighted by Gasteiger charge is 2.27. The molecule has 1 heterocycles. The average Bonchev–Trinajstić information content (AvgIpc) is 2.61. The van der Waals surface area contributed by atoms with Crippen molar-refractivity contribution in [3.8, 4) is 5.75 Å². The minimum Gasteiger partial charge on any atom is -0.495 e. The predicted octanol–water partition coefficient (Wildman–Crippen LogP) is 3.46. The number of nitrogens with one attached hydrogen (secondary N) is 1. The van der Waals surface area contributed by atoms with Gasteiger partial charge in [0.15, 0.2) is 5.96 Å². The van der Waals surface area contributed by atoms with Crippen LogP contribution in [0, 0.1) is 5.92 Å². The molecule has 27 heavy (non-hydrogen) atoms. The maximum Gasteiger partial charge on any atom is 0.410 e. The topological polar surface area (TPSA) is 89.2 Å². The van der Waals surface area contributed by atoms with E-state index in [9.17, 15) is 4.79 Å². The molecule has 1 aromatic carbocycles. The molecule has 1 aliphatic heterocycles. The second-order valence-corrected chi connectivity index (χ2v) is 7.82. The number of benzene rings is 1. The van der Waals surface area contributed by atoms with Crippen LogP contribution in [0.5, 0.6) is 5.75 Å². The summed E-state index contributed by atoms with van der Waals surface area (Å²) < 4.78 is 10.8. The van der Waals surface area contributed by atoms with Gasteiger partial charge in [0.2, 0.25) is 0 Å². The Morgan fingerprint density at radius 3 is 2.81 bits per heavy atom. The van der Waals surface area contributed by atoms with Crippen LogP contribution < -0.4 is 15.8 Å². The van der Waals surface area contributed by atoms with E-state index in [1.54, 1.807) is 12.0 Å². The number of carbonyl (C=O) groups excluding carboxylic acids is 1. The zero-order valence-corrected chi connectivity index (χ0v) is 16.8. The molecule has 7 heteroatoms. The predicted molar refractivity (Wildman–Crippen MR) is 108 cm³/mol. The number of para-hydroxylation sites is 2. The van der Waals surface area contributed by atoms with Crippen molar-refractivity contribution in [2.75, 3.05) is 32.1 Å². The van der Waals surface area contributed by atoms with Gasteiger partial charge in [0, 0.05) is 19.6 Å².